The molecular weight excluding hydrogens is 334 g/mol. The van der Waals surface area contributed by atoms with Crippen molar-refractivity contribution in [3.63, 3.8) is 0 Å². The van der Waals surface area contributed by atoms with Gasteiger partial charge in [-0.05, 0) is 30.3 Å². The monoisotopic (exact) mass is 351 g/mol. The van der Waals surface area contributed by atoms with E-state index in [-0.39, 0.29) is 24.0 Å². The van der Waals surface area contributed by atoms with E-state index in [4.69, 9.17) is 11.6 Å². The van der Waals surface area contributed by atoms with Gasteiger partial charge in [-0.25, -0.2) is 8.78 Å². The summed E-state index contributed by atoms with van der Waals surface area (Å²) in [5.74, 6) is -1.06. The third kappa shape index (κ3) is 4.52. The van der Waals surface area contributed by atoms with E-state index in [1.807, 2.05) is 0 Å². The highest BCUT2D eigenvalue weighted by Crippen LogP contribution is 2.19. The average Bonchev–Trinajstić information content (AvgIpc) is 3.37. The summed E-state index contributed by atoms with van der Waals surface area (Å²) in [6.07, 6.45) is 2.13. The van der Waals surface area contributed by atoms with Crippen molar-refractivity contribution in [2.24, 2.45) is 0 Å². The Morgan fingerprint density at radius 3 is 2.54 bits per heavy atom. The molecule has 3 rings (SSSR count). The molecule has 0 heterocycles. The van der Waals surface area contributed by atoms with Crippen molar-refractivity contribution in [1.29, 1.82) is 0 Å². The van der Waals surface area contributed by atoms with Crippen molar-refractivity contribution in [2.75, 3.05) is 11.9 Å². The van der Waals surface area contributed by atoms with Crippen LogP contribution in [-0.2, 0) is 11.3 Å². The predicted octanol–water partition coefficient (Wildman–Crippen LogP) is 2.80. The molecule has 1 amide bonds. The van der Waals surface area contributed by atoms with Crippen LogP contribution in [0.15, 0.2) is 42.5 Å². The summed E-state index contributed by atoms with van der Waals surface area (Å²) in [6.45, 7) is 0.865. The van der Waals surface area contributed by atoms with Gasteiger partial charge in [-0.2, -0.15) is 0 Å². The molecule has 1 fully saturated rings. The van der Waals surface area contributed by atoms with Crippen LogP contribution in [0.2, 0.25) is 5.02 Å². The number of rotatable bonds is 6. The molecule has 24 heavy (non-hydrogen) atoms. The fraction of sp³-hybridized carbons (Fsp3) is 0.278. The highest BCUT2D eigenvalue weighted by molar-refractivity contribution is 6.30. The van der Waals surface area contributed by atoms with Gasteiger partial charge in [0, 0.05) is 23.4 Å². The number of carbonyl (C=O) groups excluding carboxylic acids is 1. The van der Waals surface area contributed by atoms with Crippen LogP contribution in [0.1, 0.15) is 18.4 Å². The number of hydrogen-bond acceptors (Lipinski definition) is 1. The molecule has 1 atom stereocenters. The van der Waals surface area contributed by atoms with Gasteiger partial charge in [-0.3, -0.25) is 4.79 Å². The lowest BCUT2D eigenvalue weighted by atomic mass is 10.2. The van der Waals surface area contributed by atoms with Gasteiger partial charge in [0.1, 0.15) is 18.2 Å². The number of anilines is 1. The van der Waals surface area contributed by atoms with Crippen LogP contribution in [0.25, 0.3) is 0 Å². The zero-order valence-corrected chi connectivity index (χ0v) is 13.7. The molecule has 0 saturated heterocycles. The molecule has 2 N–H and O–H groups in total. The van der Waals surface area contributed by atoms with E-state index in [2.05, 4.69) is 5.32 Å². The molecule has 1 saturated carbocycles. The van der Waals surface area contributed by atoms with Crippen molar-refractivity contribution in [3.05, 3.63) is 64.7 Å². The number of hydrogen-bond donors (Lipinski definition) is 2. The number of halogens is 3. The topological polar surface area (TPSA) is 33.5 Å². The molecule has 0 bridgehead atoms. The minimum atomic E-state index is -0.515. The van der Waals surface area contributed by atoms with Crippen LogP contribution in [0.5, 0.6) is 0 Å². The Hall–Kier alpha value is -1.98. The Balaban J connectivity index is 1.63. The lowest BCUT2D eigenvalue weighted by Gasteiger charge is -2.19. The molecule has 2 aromatic rings. The first-order valence-electron chi connectivity index (χ1n) is 7.85. The maximum absolute atomic E-state index is 13.7. The summed E-state index contributed by atoms with van der Waals surface area (Å²) in [4.78, 5) is 13.4. The third-order valence-electron chi connectivity index (χ3n) is 4.09. The number of amides is 1. The van der Waals surface area contributed by atoms with Gasteiger partial charge in [-0.15, -0.1) is 0 Å². The van der Waals surface area contributed by atoms with Gasteiger partial charge in [0.25, 0.3) is 5.91 Å². The molecule has 6 heteroatoms. The van der Waals surface area contributed by atoms with Crippen LogP contribution in [0, 0.1) is 11.6 Å². The molecular formula is C18H18ClF2N2O+. The molecule has 0 spiro atoms. The fourth-order valence-electron chi connectivity index (χ4n) is 2.70. The zero-order valence-electron chi connectivity index (χ0n) is 13.0. The molecule has 0 aliphatic heterocycles. The maximum Gasteiger partial charge on any atom is 0.279 e. The van der Waals surface area contributed by atoms with Crippen molar-refractivity contribution >= 4 is 23.2 Å². The Morgan fingerprint density at radius 2 is 1.88 bits per heavy atom. The number of nitrogens with one attached hydrogen (secondary N) is 2. The normalized spacial score (nSPS) is 15.1. The summed E-state index contributed by atoms with van der Waals surface area (Å²) in [7, 11) is 0. The van der Waals surface area contributed by atoms with E-state index in [1.54, 1.807) is 12.1 Å². The summed E-state index contributed by atoms with van der Waals surface area (Å²) in [5, 5.41) is 2.95. The maximum atomic E-state index is 13.7. The molecule has 0 aromatic heterocycles. The van der Waals surface area contributed by atoms with Crippen LogP contribution in [0.4, 0.5) is 14.5 Å². The van der Waals surface area contributed by atoms with E-state index in [9.17, 15) is 13.6 Å². The fourth-order valence-corrected chi connectivity index (χ4v) is 2.87. The first-order valence-corrected chi connectivity index (χ1v) is 8.23. The van der Waals surface area contributed by atoms with Crippen LogP contribution < -0.4 is 10.2 Å². The van der Waals surface area contributed by atoms with E-state index >= 15 is 0 Å². The zero-order chi connectivity index (χ0) is 17.1. The van der Waals surface area contributed by atoms with Crippen molar-refractivity contribution in [1.82, 2.24) is 0 Å². The highest BCUT2D eigenvalue weighted by Gasteiger charge is 2.34. The van der Waals surface area contributed by atoms with Gasteiger partial charge < -0.3 is 10.2 Å². The SMILES string of the molecule is O=C(C[NH+](Cc1ccc(F)cc1)C1CC1)Nc1cc(Cl)ccc1F. The van der Waals surface area contributed by atoms with E-state index in [0.29, 0.717) is 17.6 Å². The number of quaternary nitrogens is 1. The Labute approximate surface area is 144 Å². The highest BCUT2D eigenvalue weighted by atomic mass is 35.5. The average molecular weight is 352 g/mol. The molecule has 1 unspecified atom stereocenters. The van der Waals surface area contributed by atoms with Crippen LogP contribution in [0.3, 0.4) is 0 Å². The lowest BCUT2D eigenvalue weighted by molar-refractivity contribution is -0.916. The first-order chi connectivity index (χ1) is 11.5. The van der Waals surface area contributed by atoms with E-state index < -0.39 is 5.82 Å². The third-order valence-corrected chi connectivity index (χ3v) is 4.32. The molecule has 0 radical (unpaired) electrons. The Morgan fingerprint density at radius 1 is 1.17 bits per heavy atom. The van der Waals surface area contributed by atoms with Gasteiger partial charge in [0.2, 0.25) is 0 Å². The molecule has 2 aromatic carbocycles. The summed E-state index contributed by atoms with van der Waals surface area (Å²) >= 11 is 5.83. The quantitative estimate of drug-likeness (QED) is 0.824. The predicted molar refractivity (Wildman–Crippen MR) is 89.0 cm³/mol. The van der Waals surface area contributed by atoms with Gasteiger partial charge >= 0.3 is 0 Å². The summed E-state index contributed by atoms with van der Waals surface area (Å²) < 4.78 is 26.7. The number of carbonyl (C=O) groups is 1. The second-order valence-corrected chi connectivity index (χ2v) is 6.52. The van der Waals surface area contributed by atoms with Gasteiger partial charge in [0.15, 0.2) is 6.54 Å². The second kappa shape index (κ2) is 7.28. The molecule has 1 aliphatic carbocycles. The molecule has 1 aliphatic rings. The second-order valence-electron chi connectivity index (χ2n) is 6.08. The van der Waals surface area contributed by atoms with Crippen molar-refractivity contribution < 1.29 is 18.5 Å². The molecule has 126 valence electrons. The van der Waals surface area contributed by atoms with Crippen molar-refractivity contribution in [2.45, 2.75) is 25.4 Å². The van der Waals surface area contributed by atoms with E-state index in [1.165, 1.54) is 30.3 Å². The Bertz CT molecular complexity index is 732. The van der Waals surface area contributed by atoms with Crippen LogP contribution in [-0.4, -0.2) is 18.5 Å². The lowest BCUT2D eigenvalue weighted by Crippen LogP contribution is -3.13. The number of benzene rings is 2. The molecule has 3 nitrogen and oxygen atoms in total. The first kappa shape index (κ1) is 16.9. The van der Waals surface area contributed by atoms with E-state index in [0.717, 1.165) is 23.3 Å². The summed E-state index contributed by atoms with van der Waals surface area (Å²) in [6, 6.07) is 10.8. The Kier molecular flexibility index (Phi) is 5.11. The van der Waals surface area contributed by atoms with Crippen LogP contribution >= 0.6 is 11.6 Å². The standard InChI is InChI=1S/C18H17ClF2N2O/c19-13-3-8-16(21)17(9-13)22-18(24)11-23(15-6-7-15)10-12-1-4-14(20)5-2-12/h1-5,8-9,15H,6-7,10-11H2,(H,22,24)/p+1. The van der Waals surface area contributed by atoms with Crippen molar-refractivity contribution in [3.8, 4) is 0 Å². The largest absolute Gasteiger partial charge is 0.321 e. The smallest absolute Gasteiger partial charge is 0.279 e. The summed E-state index contributed by atoms with van der Waals surface area (Å²) in [5.41, 5.74) is 1.06. The van der Waals surface area contributed by atoms with Gasteiger partial charge in [-0.1, -0.05) is 23.7 Å². The van der Waals surface area contributed by atoms with Gasteiger partial charge in [0.05, 0.1) is 11.7 Å². The minimum Gasteiger partial charge on any atom is -0.321 e. The minimum absolute atomic E-state index is 0.0874.